The zero-order valence-electron chi connectivity index (χ0n) is 12.8. The van der Waals surface area contributed by atoms with Crippen molar-refractivity contribution in [2.75, 3.05) is 14.1 Å². The molecule has 0 fully saturated rings. The first-order valence-corrected chi connectivity index (χ1v) is 7.16. The van der Waals surface area contributed by atoms with Crippen LogP contribution >= 0.6 is 0 Å². The minimum atomic E-state index is -3.66. The highest BCUT2D eigenvalue weighted by Crippen LogP contribution is 2.47. The summed E-state index contributed by atoms with van der Waals surface area (Å²) in [5.41, 5.74) is 2.79. The second-order valence-corrected chi connectivity index (χ2v) is 5.69. The first-order chi connectivity index (χ1) is 10.9. The lowest BCUT2D eigenvalue weighted by Gasteiger charge is -2.14. The number of para-hydroxylation sites is 1. The van der Waals surface area contributed by atoms with E-state index in [1.54, 1.807) is 18.2 Å². The number of nitrogens with zero attached hydrogens (tertiary/aromatic N) is 1. The number of aliphatic hydroxyl groups excluding tert-OH is 1. The molecule has 0 saturated carbocycles. The molecule has 3 rings (SSSR count). The number of alkyl halides is 2. The van der Waals surface area contributed by atoms with Gasteiger partial charge in [0.25, 0.3) is 0 Å². The Hall–Kier alpha value is -2.18. The molecule has 4 nitrogen and oxygen atoms in total. The number of ether oxygens (including phenoxy) is 2. The number of halogens is 2. The number of hydrogen-bond donors (Lipinski definition) is 1. The molecule has 1 aliphatic heterocycles. The summed E-state index contributed by atoms with van der Waals surface area (Å²) in [5.74, 6) is -0.0127. The third-order valence-electron chi connectivity index (χ3n) is 3.56. The molecule has 0 saturated heterocycles. The van der Waals surface area contributed by atoms with E-state index in [4.69, 9.17) is 0 Å². The molecule has 0 atom stereocenters. The Morgan fingerprint density at radius 3 is 2.57 bits per heavy atom. The summed E-state index contributed by atoms with van der Waals surface area (Å²) >= 11 is 0. The Bertz CT molecular complexity index is 732. The maximum atomic E-state index is 13.3. The van der Waals surface area contributed by atoms with E-state index in [1.165, 1.54) is 6.07 Å². The van der Waals surface area contributed by atoms with Crippen LogP contribution in [-0.2, 0) is 13.2 Å². The summed E-state index contributed by atoms with van der Waals surface area (Å²) in [7, 11) is 3.90. The largest absolute Gasteiger partial charge is 0.586 e. The molecule has 0 radical (unpaired) electrons. The van der Waals surface area contributed by atoms with Crippen LogP contribution in [0.3, 0.4) is 0 Å². The van der Waals surface area contributed by atoms with Crippen LogP contribution in [0.15, 0.2) is 36.4 Å². The second kappa shape index (κ2) is 5.79. The fourth-order valence-corrected chi connectivity index (χ4v) is 2.69. The first kappa shape index (κ1) is 15.7. The number of rotatable bonds is 4. The van der Waals surface area contributed by atoms with Crippen LogP contribution in [0.5, 0.6) is 11.5 Å². The molecular weight excluding hydrogens is 304 g/mol. The molecule has 0 spiro atoms. The van der Waals surface area contributed by atoms with Gasteiger partial charge in [-0.25, -0.2) is 0 Å². The van der Waals surface area contributed by atoms with Crippen molar-refractivity contribution in [2.45, 2.75) is 19.4 Å². The maximum Gasteiger partial charge on any atom is 0.586 e. The molecule has 0 bridgehead atoms. The standard InChI is InChI=1S/C17H17F2NO3/c1-20(2)9-11-6-7-13(12(8-11)10-21)14-4-3-5-15-16(14)23-17(18,19)22-15/h3-8,21H,9-10H2,1-2H3. The molecule has 1 heterocycles. The van der Waals surface area contributed by atoms with Crippen molar-refractivity contribution in [3.05, 3.63) is 47.5 Å². The van der Waals surface area contributed by atoms with E-state index in [0.29, 0.717) is 16.7 Å². The number of fused-ring (bicyclic) bond motifs is 1. The van der Waals surface area contributed by atoms with Crippen molar-refractivity contribution in [3.63, 3.8) is 0 Å². The third-order valence-corrected chi connectivity index (χ3v) is 3.56. The monoisotopic (exact) mass is 321 g/mol. The Morgan fingerprint density at radius 2 is 1.87 bits per heavy atom. The predicted molar refractivity (Wildman–Crippen MR) is 81.4 cm³/mol. The third kappa shape index (κ3) is 3.13. The van der Waals surface area contributed by atoms with E-state index in [9.17, 15) is 13.9 Å². The maximum absolute atomic E-state index is 13.3. The summed E-state index contributed by atoms with van der Waals surface area (Å²) in [5, 5.41) is 9.66. The Morgan fingerprint density at radius 1 is 1.09 bits per heavy atom. The molecule has 0 amide bonds. The molecule has 1 N–H and O–H groups in total. The van der Waals surface area contributed by atoms with Crippen molar-refractivity contribution in [3.8, 4) is 22.6 Å². The predicted octanol–water partition coefficient (Wildman–Crippen LogP) is 3.23. The van der Waals surface area contributed by atoms with Crippen LogP contribution in [0.1, 0.15) is 11.1 Å². The van der Waals surface area contributed by atoms with Gasteiger partial charge in [0.2, 0.25) is 0 Å². The average molecular weight is 321 g/mol. The summed E-state index contributed by atoms with van der Waals surface area (Å²) < 4.78 is 35.8. The lowest BCUT2D eigenvalue weighted by atomic mass is 9.96. The van der Waals surface area contributed by atoms with Crippen LogP contribution in [0, 0.1) is 0 Å². The highest BCUT2D eigenvalue weighted by Gasteiger charge is 2.44. The van der Waals surface area contributed by atoms with Crippen molar-refractivity contribution in [1.82, 2.24) is 4.90 Å². The number of aliphatic hydroxyl groups is 1. The molecule has 23 heavy (non-hydrogen) atoms. The fraction of sp³-hybridized carbons (Fsp3) is 0.294. The van der Waals surface area contributed by atoms with Crippen LogP contribution < -0.4 is 9.47 Å². The van der Waals surface area contributed by atoms with Crippen molar-refractivity contribution in [1.29, 1.82) is 0 Å². The number of benzene rings is 2. The lowest BCUT2D eigenvalue weighted by Crippen LogP contribution is -2.26. The van der Waals surface area contributed by atoms with E-state index in [-0.39, 0.29) is 18.1 Å². The topological polar surface area (TPSA) is 41.9 Å². The van der Waals surface area contributed by atoms with Crippen molar-refractivity contribution < 1.29 is 23.4 Å². The molecule has 2 aromatic carbocycles. The molecule has 2 aromatic rings. The van der Waals surface area contributed by atoms with Gasteiger partial charge in [-0.2, -0.15) is 0 Å². The van der Waals surface area contributed by atoms with Crippen molar-refractivity contribution >= 4 is 0 Å². The smallest absolute Gasteiger partial charge is 0.395 e. The number of hydrogen-bond acceptors (Lipinski definition) is 4. The van der Waals surface area contributed by atoms with E-state index < -0.39 is 6.29 Å². The van der Waals surface area contributed by atoms with Gasteiger partial charge >= 0.3 is 6.29 Å². The van der Waals surface area contributed by atoms with Gasteiger partial charge in [0.15, 0.2) is 11.5 Å². The van der Waals surface area contributed by atoms with Gasteiger partial charge in [-0.05, 0) is 36.9 Å². The molecular formula is C17H17F2NO3. The fourth-order valence-electron chi connectivity index (χ4n) is 2.69. The summed E-state index contributed by atoms with van der Waals surface area (Å²) in [6.07, 6.45) is -3.66. The summed E-state index contributed by atoms with van der Waals surface area (Å²) in [6.45, 7) is 0.523. The van der Waals surface area contributed by atoms with Gasteiger partial charge in [0.05, 0.1) is 6.61 Å². The Balaban J connectivity index is 2.05. The van der Waals surface area contributed by atoms with Crippen molar-refractivity contribution in [2.24, 2.45) is 0 Å². The molecule has 0 aromatic heterocycles. The SMILES string of the molecule is CN(C)Cc1ccc(-c2cccc3c2OC(F)(F)O3)c(CO)c1. The highest BCUT2D eigenvalue weighted by atomic mass is 19.3. The zero-order valence-corrected chi connectivity index (χ0v) is 12.8. The lowest BCUT2D eigenvalue weighted by molar-refractivity contribution is -0.286. The molecule has 122 valence electrons. The summed E-state index contributed by atoms with van der Waals surface area (Å²) in [6, 6.07) is 10.3. The second-order valence-electron chi connectivity index (χ2n) is 5.69. The Kier molecular flexibility index (Phi) is 3.95. The molecule has 1 aliphatic rings. The minimum Gasteiger partial charge on any atom is -0.395 e. The first-order valence-electron chi connectivity index (χ1n) is 7.16. The van der Waals surface area contributed by atoms with E-state index >= 15 is 0 Å². The highest BCUT2D eigenvalue weighted by molar-refractivity contribution is 5.77. The van der Waals surface area contributed by atoms with Crippen LogP contribution in [0.4, 0.5) is 8.78 Å². The normalized spacial score (nSPS) is 15.2. The molecule has 0 unspecified atom stereocenters. The van der Waals surface area contributed by atoms with Gasteiger partial charge in [-0.1, -0.05) is 30.3 Å². The summed E-state index contributed by atoms with van der Waals surface area (Å²) in [4.78, 5) is 2.01. The van der Waals surface area contributed by atoms with Crippen LogP contribution in [0.25, 0.3) is 11.1 Å². The minimum absolute atomic E-state index is 0.00578. The zero-order chi connectivity index (χ0) is 16.6. The Labute approximate surface area is 132 Å². The van der Waals surface area contributed by atoms with Gasteiger partial charge in [0, 0.05) is 12.1 Å². The van der Waals surface area contributed by atoms with Gasteiger partial charge in [-0.3, -0.25) is 0 Å². The van der Waals surface area contributed by atoms with E-state index in [1.807, 2.05) is 31.1 Å². The molecule has 6 heteroatoms. The average Bonchev–Trinajstić information content (AvgIpc) is 2.80. The van der Waals surface area contributed by atoms with Crippen LogP contribution in [0.2, 0.25) is 0 Å². The quantitative estimate of drug-likeness (QED) is 0.939. The van der Waals surface area contributed by atoms with E-state index in [2.05, 4.69) is 9.47 Å². The molecule has 0 aliphatic carbocycles. The van der Waals surface area contributed by atoms with Gasteiger partial charge in [-0.15, -0.1) is 8.78 Å². The van der Waals surface area contributed by atoms with Gasteiger partial charge < -0.3 is 19.5 Å². The van der Waals surface area contributed by atoms with E-state index in [0.717, 1.165) is 12.1 Å². The van der Waals surface area contributed by atoms with Crippen LogP contribution in [-0.4, -0.2) is 30.4 Å². The van der Waals surface area contributed by atoms with Gasteiger partial charge in [0.1, 0.15) is 0 Å².